The highest BCUT2D eigenvalue weighted by Gasteiger charge is 2.05. The summed E-state index contributed by atoms with van der Waals surface area (Å²) in [4.78, 5) is 4.36. The highest BCUT2D eigenvalue weighted by atomic mass is 15.0. The smallest absolute Gasteiger partial charge is 0.146 e. The molecule has 16 heavy (non-hydrogen) atoms. The summed E-state index contributed by atoms with van der Waals surface area (Å²) in [6, 6.07) is 13.9. The molecule has 3 nitrogen and oxygen atoms in total. The first-order valence-corrected chi connectivity index (χ1v) is 5.13. The molecule has 2 aromatic heterocycles. The molecule has 0 aliphatic carbocycles. The first-order valence-electron chi connectivity index (χ1n) is 5.13. The Morgan fingerprint density at radius 1 is 1.00 bits per heavy atom. The zero-order chi connectivity index (χ0) is 11.0. The Morgan fingerprint density at radius 2 is 1.81 bits per heavy atom. The van der Waals surface area contributed by atoms with Crippen LogP contribution in [0.1, 0.15) is 0 Å². The minimum Gasteiger partial charge on any atom is -0.398 e. The van der Waals surface area contributed by atoms with E-state index in [1.807, 2.05) is 53.2 Å². The molecule has 0 bridgehead atoms. The Kier molecular flexibility index (Phi) is 1.90. The zero-order valence-electron chi connectivity index (χ0n) is 8.67. The first-order chi connectivity index (χ1) is 7.86. The van der Waals surface area contributed by atoms with Crippen molar-refractivity contribution in [3.63, 3.8) is 0 Å². The van der Waals surface area contributed by atoms with Crippen LogP contribution in [0.5, 0.6) is 0 Å². The summed E-state index contributed by atoms with van der Waals surface area (Å²) in [7, 11) is 0. The molecule has 3 heteroatoms. The number of rotatable bonds is 1. The van der Waals surface area contributed by atoms with Crippen LogP contribution in [-0.2, 0) is 0 Å². The Morgan fingerprint density at radius 3 is 2.62 bits per heavy atom. The Hall–Kier alpha value is -2.29. The van der Waals surface area contributed by atoms with Gasteiger partial charge in [0, 0.05) is 29.2 Å². The molecule has 3 rings (SSSR count). The highest BCUT2D eigenvalue weighted by Crippen LogP contribution is 2.22. The average Bonchev–Trinajstić information content (AvgIpc) is 2.75. The predicted molar refractivity (Wildman–Crippen MR) is 65.5 cm³/mol. The van der Waals surface area contributed by atoms with Gasteiger partial charge in [-0.3, -0.25) is 0 Å². The number of aromatic nitrogens is 2. The lowest BCUT2D eigenvalue weighted by atomic mass is 10.3. The number of pyridine rings is 1. The van der Waals surface area contributed by atoms with Gasteiger partial charge >= 0.3 is 0 Å². The molecule has 2 heterocycles. The molecule has 78 valence electrons. The number of nitrogens with zero attached hydrogens (tertiary/aromatic N) is 2. The zero-order valence-corrected chi connectivity index (χ0v) is 8.67. The fourth-order valence-corrected chi connectivity index (χ4v) is 1.86. The van der Waals surface area contributed by atoms with Crippen LogP contribution < -0.4 is 5.73 Å². The Balaban J connectivity index is 2.30. The van der Waals surface area contributed by atoms with E-state index >= 15 is 0 Å². The molecular formula is C13H11N3. The van der Waals surface area contributed by atoms with E-state index < -0.39 is 0 Å². The maximum Gasteiger partial charge on any atom is 0.146 e. The van der Waals surface area contributed by atoms with Crippen LogP contribution in [0.3, 0.4) is 0 Å². The van der Waals surface area contributed by atoms with Crippen molar-refractivity contribution in [1.29, 1.82) is 0 Å². The number of anilines is 1. The standard InChI is InChI=1S/C13H11N3/c14-12-6-8-15-13-11(12)7-9-16(13)10-4-2-1-3-5-10/h1-9H,(H2,14,15). The number of nitrogen functional groups attached to an aromatic ring is 1. The summed E-state index contributed by atoms with van der Waals surface area (Å²) in [5.74, 6) is 0. The van der Waals surface area contributed by atoms with Gasteiger partial charge in [0.2, 0.25) is 0 Å². The van der Waals surface area contributed by atoms with Crippen LogP contribution >= 0.6 is 0 Å². The third kappa shape index (κ3) is 1.26. The number of benzene rings is 1. The second-order valence-corrected chi connectivity index (χ2v) is 3.66. The van der Waals surface area contributed by atoms with Gasteiger partial charge in [0.15, 0.2) is 0 Å². The van der Waals surface area contributed by atoms with E-state index in [9.17, 15) is 0 Å². The van der Waals surface area contributed by atoms with Crippen LogP contribution in [0.25, 0.3) is 16.7 Å². The molecule has 2 N–H and O–H groups in total. The van der Waals surface area contributed by atoms with Gasteiger partial charge in [-0.2, -0.15) is 0 Å². The summed E-state index contributed by atoms with van der Waals surface area (Å²) >= 11 is 0. The summed E-state index contributed by atoms with van der Waals surface area (Å²) in [5, 5.41) is 0.992. The number of para-hydroxylation sites is 1. The number of hydrogen-bond donors (Lipinski definition) is 1. The van der Waals surface area contributed by atoms with Crippen LogP contribution in [0, 0.1) is 0 Å². The fourth-order valence-electron chi connectivity index (χ4n) is 1.86. The van der Waals surface area contributed by atoms with E-state index in [0.717, 1.165) is 22.4 Å². The van der Waals surface area contributed by atoms with Gasteiger partial charge in [-0.1, -0.05) is 18.2 Å². The molecular weight excluding hydrogens is 198 g/mol. The summed E-state index contributed by atoms with van der Waals surface area (Å²) < 4.78 is 2.03. The molecule has 0 aliphatic heterocycles. The van der Waals surface area contributed by atoms with Crippen LogP contribution in [0.2, 0.25) is 0 Å². The molecule has 1 aromatic carbocycles. The van der Waals surface area contributed by atoms with Crippen molar-refractivity contribution in [2.45, 2.75) is 0 Å². The first kappa shape index (κ1) is 8.97. The molecule has 0 amide bonds. The van der Waals surface area contributed by atoms with Crippen molar-refractivity contribution in [1.82, 2.24) is 9.55 Å². The molecule has 3 aromatic rings. The molecule has 0 spiro atoms. The van der Waals surface area contributed by atoms with E-state index in [0.29, 0.717) is 0 Å². The van der Waals surface area contributed by atoms with E-state index in [1.54, 1.807) is 6.20 Å². The van der Waals surface area contributed by atoms with E-state index in [1.165, 1.54) is 0 Å². The van der Waals surface area contributed by atoms with E-state index in [4.69, 9.17) is 5.73 Å². The van der Waals surface area contributed by atoms with Gasteiger partial charge in [-0.15, -0.1) is 0 Å². The SMILES string of the molecule is Nc1ccnc2c1ccn2-c1ccccc1. The van der Waals surface area contributed by atoms with E-state index in [-0.39, 0.29) is 0 Å². The lowest BCUT2D eigenvalue weighted by molar-refractivity contribution is 1.09. The lowest BCUT2D eigenvalue weighted by Gasteiger charge is -2.04. The maximum atomic E-state index is 5.89. The van der Waals surface area contributed by atoms with Crippen molar-refractivity contribution in [2.24, 2.45) is 0 Å². The van der Waals surface area contributed by atoms with Crippen LogP contribution in [0.4, 0.5) is 5.69 Å². The average molecular weight is 209 g/mol. The Labute approximate surface area is 93.1 Å². The second-order valence-electron chi connectivity index (χ2n) is 3.66. The van der Waals surface area contributed by atoms with Gasteiger partial charge in [0.1, 0.15) is 5.65 Å². The molecule has 0 radical (unpaired) electrons. The van der Waals surface area contributed by atoms with Crippen molar-refractivity contribution in [3.05, 3.63) is 54.9 Å². The van der Waals surface area contributed by atoms with Crippen molar-refractivity contribution < 1.29 is 0 Å². The quantitative estimate of drug-likeness (QED) is 0.669. The molecule has 0 saturated heterocycles. The molecule has 0 atom stereocenters. The largest absolute Gasteiger partial charge is 0.398 e. The monoisotopic (exact) mass is 209 g/mol. The van der Waals surface area contributed by atoms with Gasteiger partial charge in [0.05, 0.1) is 0 Å². The van der Waals surface area contributed by atoms with Crippen molar-refractivity contribution in [2.75, 3.05) is 5.73 Å². The summed E-state index contributed by atoms with van der Waals surface area (Å²) in [5.41, 5.74) is 8.65. The van der Waals surface area contributed by atoms with E-state index in [2.05, 4.69) is 4.98 Å². The molecule has 0 fully saturated rings. The van der Waals surface area contributed by atoms with Crippen LogP contribution in [-0.4, -0.2) is 9.55 Å². The molecule has 0 saturated carbocycles. The van der Waals surface area contributed by atoms with Crippen molar-refractivity contribution >= 4 is 16.7 Å². The Bertz CT molecular complexity index is 626. The number of fused-ring (bicyclic) bond motifs is 1. The van der Waals surface area contributed by atoms with Crippen LogP contribution in [0.15, 0.2) is 54.9 Å². The molecule has 0 aliphatic rings. The van der Waals surface area contributed by atoms with Gasteiger partial charge in [-0.05, 0) is 24.3 Å². The summed E-state index contributed by atoms with van der Waals surface area (Å²) in [6.45, 7) is 0. The van der Waals surface area contributed by atoms with Gasteiger partial charge < -0.3 is 10.3 Å². The maximum absolute atomic E-state index is 5.89. The van der Waals surface area contributed by atoms with Crippen molar-refractivity contribution in [3.8, 4) is 5.69 Å². The number of nitrogens with two attached hydrogens (primary N) is 1. The minimum atomic E-state index is 0.764. The number of hydrogen-bond acceptors (Lipinski definition) is 2. The third-order valence-electron chi connectivity index (χ3n) is 2.66. The second kappa shape index (κ2) is 3.38. The normalized spacial score (nSPS) is 10.8. The van der Waals surface area contributed by atoms with Gasteiger partial charge in [0.25, 0.3) is 0 Å². The fraction of sp³-hybridized carbons (Fsp3) is 0. The highest BCUT2D eigenvalue weighted by molar-refractivity contribution is 5.89. The lowest BCUT2D eigenvalue weighted by Crippen LogP contribution is -1.94. The minimum absolute atomic E-state index is 0.764. The predicted octanol–water partition coefficient (Wildman–Crippen LogP) is 2.61. The third-order valence-corrected chi connectivity index (χ3v) is 2.66. The summed E-state index contributed by atoms with van der Waals surface area (Å²) in [6.07, 6.45) is 3.72. The topological polar surface area (TPSA) is 43.8 Å². The molecule has 0 unspecified atom stereocenters. The van der Waals surface area contributed by atoms with Gasteiger partial charge in [-0.25, -0.2) is 4.98 Å².